The van der Waals surface area contributed by atoms with Gasteiger partial charge in [-0.3, -0.25) is 0 Å². The molecule has 1 aromatic rings. The van der Waals surface area contributed by atoms with Gasteiger partial charge in [0.2, 0.25) is 0 Å². The number of rotatable bonds is 2. The molecule has 0 amide bonds. The van der Waals surface area contributed by atoms with Gasteiger partial charge in [0, 0.05) is 0 Å². The molecule has 0 atom stereocenters. The molecule has 0 saturated heterocycles. The molecule has 2 nitrogen and oxygen atoms in total. The fourth-order valence-corrected chi connectivity index (χ4v) is 1.35. The second-order valence-electron chi connectivity index (χ2n) is 1.79. The summed E-state index contributed by atoms with van der Waals surface area (Å²) < 4.78 is 16.2. The Kier molecular flexibility index (Phi) is 2.64. The van der Waals surface area contributed by atoms with Crippen molar-refractivity contribution in [3.05, 3.63) is 24.3 Å². The monoisotopic (exact) mass is 198 g/mol. The van der Waals surface area contributed by atoms with Gasteiger partial charge in [-0.05, 0) is 0 Å². The first-order valence-corrected chi connectivity index (χ1v) is 4.54. The normalized spacial score (nSPS) is 9.70. The Balaban J connectivity index is 2.98. The first kappa shape index (κ1) is 7.49. The Morgan fingerprint density at radius 2 is 2.30 bits per heavy atom. The topological polar surface area (TPSA) is 26.3 Å². The molecule has 0 aromatic heterocycles. The van der Waals surface area contributed by atoms with Crippen LogP contribution in [-0.2, 0) is 3.74 Å². The molecule has 0 bridgehead atoms. The predicted octanol–water partition coefficient (Wildman–Crippen LogP) is 0.370. The second kappa shape index (κ2) is 3.52. The van der Waals surface area contributed by atoms with Crippen molar-refractivity contribution in [1.82, 2.24) is 0 Å². The van der Waals surface area contributed by atoms with Crippen LogP contribution in [0.3, 0.4) is 0 Å². The van der Waals surface area contributed by atoms with Gasteiger partial charge in [0.25, 0.3) is 0 Å². The van der Waals surface area contributed by atoms with E-state index in [0.717, 1.165) is 10.1 Å². The van der Waals surface area contributed by atoms with Gasteiger partial charge in [0.05, 0.1) is 0 Å². The summed E-state index contributed by atoms with van der Waals surface area (Å²) in [7, 11) is 1.60. The Bertz CT molecular complexity index is 235. The van der Waals surface area contributed by atoms with Crippen molar-refractivity contribution in [2.24, 2.45) is 0 Å². The summed E-state index contributed by atoms with van der Waals surface area (Å²) in [6.07, 6.45) is 0. The molecule has 0 aliphatic rings. The molecule has 0 aliphatic heterocycles. The summed E-state index contributed by atoms with van der Waals surface area (Å²) in [6.45, 7) is 0. The zero-order valence-corrected chi connectivity index (χ0v) is 7.45. The maximum atomic E-state index is 10.4. The molecular formula is C7H7AsO2. The third-order valence-corrected chi connectivity index (χ3v) is 2.18. The average molecular weight is 198 g/mol. The molecule has 0 heterocycles. The minimum atomic E-state index is -0.916. The molecule has 0 spiro atoms. The number of ether oxygens (including phenoxy) is 1. The fraction of sp³-hybridized carbons (Fsp3) is 0.143. The van der Waals surface area contributed by atoms with Crippen molar-refractivity contribution in [2.75, 3.05) is 7.11 Å². The first-order valence-electron chi connectivity index (χ1n) is 2.84. The van der Waals surface area contributed by atoms with E-state index in [1.165, 1.54) is 0 Å². The third kappa shape index (κ3) is 1.68. The summed E-state index contributed by atoms with van der Waals surface area (Å²) >= 11 is -0.916. The summed E-state index contributed by atoms with van der Waals surface area (Å²) in [5, 5.41) is 0. The van der Waals surface area contributed by atoms with Gasteiger partial charge >= 0.3 is 65.6 Å². The molecule has 1 rings (SSSR count). The van der Waals surface area contributed by atoms with Crippen LogP contribution in [-0.4, -0.2) is 22.8 Å². The number of hydrogen-bond acceptors (Lipinski definition) is 2. The zero-order chi connectivity index (χ0) is 7.40. The van der Waals surface area contributed by atoms with Crippen LogP contribution in [0, 0.1) is 0 Å². The molecule has 0 radical (unpaired) electrons. The molecule has 3 heteroatoms. The van der Waals surface area contributed by atoms with Crippen molar-refractivity contribution < 1.29 is 8.48 Å². The van der Waals surface area contributed by atoms with Crippen LogP contribution in [0.4, 0.5) is 0 Å². The van der Waals surface area contributed by atoms with Crippen molar-refractivity contribution in [2.45, 2.75) is 0 Å². The molecule has 52 valence electrons. The Morgan fingerprint density at radius 1 is 1.50 bits per heavy atom. The van der Waals surface area contributed by atoms with Gasteiger partial charge < -0.3 is 0 Å². The van der Waals surface area contributed by atoms with Gasteiger partial charge in [0.1, 0.15) is 0 Å². The Hall–Kier alpha value is -0.622. The van der Waals surface area contributed by atoms with Gasteiger partial charge in [-0.1, -0.05) is 0 Å². The molecule has 0 unspecified atom stereocenters. The van der Waals surface area contributed by atoms with E-state index in [1.807, 2.05) is 18.2 Å². The first-order chi connectivity index (χ1) is 4.86. The summed E-state index contributed by atoms with van der Waals surface area (Å²) in [6, 6.07) is 7.28. The SMILES string of the molecule is COc1cccc([As]=O)c1. The van der Waals surface area contributed by atoms with Gasteiger partial charge in [0.15, 0.2) is 0 Å². The molecule has 0 N–H and O–H groups in total. The quantitative estimate of drug-likeness (QED) is 0.641. The molecule has 10 heavy (non-hydrogen) atoms. The van der Waals surface area contributed by atoms with Gasteiger partial charge in [-0.2, -0.15) is 0 Å². The number of methoxy groups -OCH3 is 1. The number of hydrogen-bond donors (Lipinski definition) is 0. The number of benzene rings is 1. The van der Waals surface area contributed by atoms with E-state index in [4.69, 9.17) is 4.74 Å². The van der Waals surface area contributed by atoms with E-state index in [-0.39, 0.29) is 0 Å². The minimum absolute atomic E-state index is 0.767. The third-order valence-electron chi connectivity index (χ3n) is 1.16. The van der Waals surface area contributed by atoms with Crippen molar-refractivity contribution in [1.29, 1.82) is 0 Å². The van der Waals surface area contributed by atoms with E-state index in [9.17, 15) is 3.74 Å². The molecule has 0 saturated carbocycles. The molecule has 0 aliphatic carbocycles. The van der Waals surface area contributed by atoms with E-state index >= 15 is 0 Å². The summed E-state index contributed by atoms with van der Waals surface area (Å²) in [4.78, 5) is 0. The standard InChI is InChI=1S/C7H7AsO2/c1-10-7-4-2-3-6(5-7)8-9/h2-5H,1H3. The Morgan fingerprint density at radius 3 is 2.90 bits per heavy atom. The Labute approximate surface area is 66.1 Å². The summed E-state index contributed by atoms with van der Waals surface area (Å²) in [5.41, 5.74) is 0. The van der Waals surface area contributed by atoms with E-state index < -0.39 is 15.7 Å². The van der Waals surface area contributed by atoms with E-state index in [0.29, 0.717) is 0 Å². The van der Waals surface area contributed by atoms with Crippen LogP contribution in [0.15, 0.2) is 24.3 Å². The van der Waals surface area contributed by atoms with Gasteiger partial charge in [-0.15, -0.1) is 0 Å². The van der Waals surface area contributed by atoms with Crippen LogP contribution in [0.25, 0.3) is 0 Å². The summed E-state index contributed by atoms with van der Waals surface area (Å²) in [5.74, 6) is 0.767. The maximum absolute atomic E-state index is 10.4. The fourth-order valence-electron chi connectivity index (χ4n) is 0.667. The van der Waals surface area contributed by atoms with Crippen LogP contribution in [0.2, 0.25) is 0 Å². The molecule has 0 fully saturated rings. The average Bonchev–Trinajstić information content (AvgIpc) is 2.05. The molecular weight excluding hydrogens is 191 g/mol. The zero-order valence-electron chi connectivity index (χ0n) is 5.57. The van der Waals surface area contributed by atoms with E-state index in [2.05, 4.69) is 0 Å². The van der Waals surface area contributed by atoms with Crippen LogP contribution in [0.1, 0.15) is 0 Å². The van der Waals surface area contributed by atoms with Crippen LogP contribution in [0.5, 0.6) is 5.75 Å². The van der Waals surface area contributed by atoms with Crippen molar-refractivity contribution in [3.63, 3.8) is 0 Å². The van der Waals surface area contributed by atoms with Crippen molar-refractivity contribution >= 4 is 20.0 Å². The van der Waals surface area contributed by atoms with Crippen molar-refractivity contribution in [3.8, 4) is 5.75 Å². The second-order valence-corrected chi connectivity index (χ2v) is 3.26. The van der Waals surface area contributed by atoms with Crippen LogP contribution < -0.4 is 9.09 Å². The van der Waals surface area contributed by atoms with E-state index in [1.54, 1.807) is 13.2 Å². The van der Waals surface area contributed by atoms with Gasteiger partial charge in [-0.25, -0.2) is 0 Å². The predicted molar refractivity (Wildman–Crippen MR) is 39.1 cm³/mol. The molecule has 1 aromatic carbocycles. The van der Waals surface area contributed by atoms with Crippen LogP contribution >= 0.6 is 0 Å².